The Morgan fingerprint density at radius 3 is 2.53 bits per heavy atom. The van der Waals surface area contributed by atoms with Crippen molar-refractivity contribution >= 4 is 5.82 Å². The number of hydrogen-bond acceptors (Lipinski definition) is 4. The third-order valence-electron chi connectivity index (χ3n) is 3.30. The van der Waals surface area contributed by atoms with Gasteiger partial charge in [0, 0.05) is 17.8 Å². The van der Waals surface area contributed by atoms with Crippen LogP contribution in [-0.4, -0.2) is 26.1 Å². The van der Waals surface area contributed by atoms with Gasteiger partial charge in [0.25, 0.3) is 0 Å². The van der Waals surface area contributed by atoms with Crippen LogP contribution in [0.2, 0.25) is 0 Å². The Hall–Kier alpha value is -1.91. The van der Waals surface area contributed by atoms with Crippen molar-refractivity contribution in [2.45, 2.75) is 40.5 Å². The molecule has 0 radical (unpaired) electrons. The summed E-state index contributed by atoms with van der Waals surface area (Å²) in [5.41, 5.74) is 3.29. The van der Waals surface area contributed by atoms with Gasteiger partial charge in [-0.2, -0.15) is 0 Å². The van der Waals surface area contributed by atoms with E-state index in [4.69, 9.17) is 0 Å². The fraction of sp³-hybridized carbons (Fsp3) is 0.500. The highest BCUT2D eigenvalue weighted by atomic mass is 15.1. The van der Waals surface area contributed by atoms with E-state index in [1.54, 1.807) is 6.33 Å². The fourth-order valence-corrected chi connectivity index (χ4v) is 2.04. The van der Waals surface area contributed by atoms with Crippen LogP contribution in [0.4, 0.5) is 5.82 Å². The van der Waals surface area contributed by atoms with Gasteiger partial charge in [-0.1, -0.05) is 13.8 Å². The summed E-state index contributed by atoms with van der Waals surface area (Å²) in [6.45, 7) is 9.26. The predicted octanol–water partition coefficient (Wildman–Crippen LogP) is 2.66. The zero-order valence-electron chi connectivity index (χ0n) is 12.1. The predicted molar refractivity (Wildman–Crippen MR) is 76.8 cm³/mol. The maximum atomic E-state index is 4.43. The highest BCUT2D eigenvalue weighted by Crippen LogP contribution is 2.21. The number of nitrogens with zero attached hydrogens (tertiary/aromatic N) is 4. The number of rotatable bonds is 5. The zero-order chi connectivity index (χ0) is 13.8. The molecule has 0 saturated heterocycles. The monoisotopic (exact) mass is 259 g/mol. The van der Waals surface area contributed by atoms with Crippen LogP contribution in [-0.2, 0) is 6.42 Å². The third kappa shape index (κ3) is 2.59. The minimum atomic E-state index is 0.888. The Kier molecular flexibility index (Phi) is 4.14. The molecule has 2 aromatic heterocycles. The molecule has 0 aliphatic heterocycles. The molecule has 2 rings (SSSR count). The van der Waals surface area contributed by atoms with E-state index < -0.39 is 0 Å². The topological polar surface area (TPSA) is 55.6 Å². The first-order chi connectivity index (χ1) is 9.19. The summed E-state index contributed by atoms with van der Waals surface area (Å²) in [7, 11) is 0. The number of aromatic nitrogens is 4. The third-order valence-corrected chi connectivity index (χ3v) is 3.30. The lowest BCUT2D eigenvalue weighted by atomic mass is 10.2. The molecule has 5 heteroatoms. The van der Waals surface area contributed by atoms with Crippen molar-refractivity contribution in [1.29, 1.82) is 0 Å². The van der Waals surface area contributed by atoms with Gasteiger partial charge in [0.1, 0.15) is 24.3 Å². The molecule has 0 atom stereocenters. The van der Waals surface area contributed by atoms with Gasteiger partial charge in [0.05, 0.1) is 5.69 Å². The number of hydrogen-bond donors (Lipinski definition) is 1. The lowest BCUT2D eigenvalue weighted by Crippen LogP contribution is -2.10. The molecule has 0 aliphatic rings. The van der Waals surface area contributed by atoms with Crippen molar-refractivity contribution in [3.05, 3.63) is 29.6 Å². The van der Waals surface area contributed by atoms with Crippen LogP contribution in [0.5, 0.6) is 0 Å². The molecular weight excluding hydrogens is 238 g/mol. The fourth-order valence-electron chi connectivity index (χ4n) is 2.04. The Bertz CT molecular complexity index is 559. The molecule has 5 nitrogen and oxygen atoms in total. The van der Waals surface area contributed by atoms with E-state index in [1.807, 2.05) is 17.8 Å². The standard InChI is InChI=1S/C14H21N5/c1-5-7-15-13-12(6-2)14(17-8-16-13)19-9-18-10(3)11(19)4/h8-9H,5-7H2,1-4H3,(H,15,16,17). The van der Waals surface area contributed by atoms with Crippen molar-refractivity contribution < 1.29 is 0 Å². The zero-order valence-corrected chi connectivity index (χ0v) is 12.1. The lowest BCUT2D eigenvalue weighted by molar-refractivity contribution is 0.886. The second-order valence-corrected chi connectivity index (χ2v) is 4.59. The summed E-state index contributed by atoms with van der Waals surface area (Å²) in [6, 6.07) is 0. The summed E-state index contributed by atoms with van der Waals surface area (Å²) in [6.07, 6.45) is 5.40. The molecule has 0 spiro atoms. The van der Waals surface area contributed by atoms with Crippen molar-refractivity contribution in [3.8, 4) is 5.82 Å². The van der Waals surface area contributed by atoms with Crippen LogP contribution < -0.4 is 5.32 Å². The second-order valence-electron chi connectivity index (χ2n) is 4.59. The molecule has 0 unspecified atom stereocenters. The van der Waals surface area contributed by atoms with Crippen LogP contribution in [0.3, 0.4) is 0 Å². The van der Waals surface area contributed by atoms with Gasteiger partial charge in [-0.15, -0.1) is 0 Å². The second kappa shape index (κ2) is 5.82. The Morgan fingerprint density at radius 1 is 1.16 bits per heavy atom. The molecule has 0 fully saturated rings. The maximum absolute atomic E-state index is 4.43. The van der Waals surface area contributed by atoms with Gasteiger partial charge in [-0.25, -0.2) is 15.0 Å². The van der Waals surface area contributed by atoms with Gasteiger partial charge >= 0.3 is 0 Å². The van der Waals surface area contributed by atoms with E-state index in [9.17, 15) is 0 Å². The first-order valence-electron chi connectivity index (χ1n) is 6.77. The van der Waals surface area contributed by atoms with Gasteiger partial charge in [-0.05, 0) is 26.7 Å². The Morgan fingerprint density at radius 2 is 1.95 bits per heavy atom. The lowest BCUT2D eigenvalue weighted by Gasteiger charge is -2.14. The SMILES string of the molecule is CCCNc1ncnc(-n2cnc(C)c2C)c1CC. The Balaban J connectivity index is 2.48. The normalized spacial score (nSPS) is 10.7. The highest BCUT2D eigenvalue weighted by Gasteiger charge is 2.13. The number of anilines is 1. The van der Waals surface area contributed by atoms with Crippen molar-refractivity contribution in [1.82, 2.24) is 19.5 Å². The number of aryl methyl sites for hydroxylation is 1. The maximum Gasteiger partial charge on any atom is 0.146 e. The van der Waals surface area contributed by atoms with E-state index in [0.29, 0.717) is 0 Å². The number of nitrogens with one attached hydrogen (secondary N) is 1. The van der Waals surface area contributed by atoms with E-state index in [1.165, 1.54) is 0 Å². The van der Waals surface area contributed by atoms with E-state index >= 15 is 0 Å². The average molecular weight is 259 g/mol. The van der Waals surface area contributed by atoms with E-state index in [-0.39, 0.29) is 0 Å². The summed E-state index contributed by atoms with van der Waals surface area (Å²) in [4.78, 5) is 13.1. The quantitative estimate of drug-likeness (QED) is 0.897. The summed E-state index contributed by atoms with van der Waals surface area (Å²) >= 11 is 0. The number of imidazole rings is 1. The van der Waals surface area contributed by atoms with Crippen LogP contribution in [0, 0.1) is 13.8 Å². The molecule has 2 heterocycles. The molecule has 0 aliphatic carbocycles. The van der Waals surface area contributed by atoms with Gasteiger partial charge in [0.2, 0.25) is 0 Å². The van der Waals surface area contributed by atoms with Gasteiger partial charge < -0.3 is 5.32 Å². The van der Waals surface area contributed by atoms with E-state index in [2.05, 4.69) is 41.0 Å². The van der Waals surface area contributed by atoms with E-state index in [0.717, 1.165) is 48.0 Å². The molecule has 102 valence electrons. The van der Waals surface area contributed by atoms with Crippen molar-refractivity contribution in [2.75, 3.05) is 11.9 Å². The molecule has 2 aromatic rings. The van der Waals surface area contributed by atoms with Crippen LogP contribution in [0.25, 0.3) is 5.82 Å². The summed E-state index contributed by atoms with van der Waals surface area (Å²) in [5.74, 6) is 1.86. The molecule has 0 aromatic carbocycles. The summed E-state index contributed by atoms with van der Waals surface area (Å²) < 4.78 is 2.03. The first-order valence-corrected chi connectivity index (χ1v) is 6.77. The summed E-state index contributed by atoms with van der Waals surface area (Å²) in [5, 5.41) is 3.37. The molecule has 0 amide bonds. The minimum Gasteiger partial charge on any atom is -0.370 e. The smallest absolute Gasteiger partial charge is 0.146 e. The molecular formula is C14H21N5. The first kappa shape index (κ1) is 13.5. The molecule has 19 heavy (non-hydrogen) atoms. The van der Waals surface area contributed by atoms with Crippen LogP contribution in [0.1, 0.15) is 37.2 Å². The van der Waals surface area contributed by atoms with Gasteiger partial charge in [-0.3, -0.25) is 4.57 Å². The largest absolute Gasteiger partial charge is 0.370 e. The molecule has 0 saturated carbocycles. The average Bonchev–Trinajstić information content (AvgIpc) is 2.76. The van der Waals surface area contributed by atoms with Crippen LogP contribution >= 0.6 is 0 Å². The highest BCUT2D eigenvalue weighted by molar-refractivity contribution is 5.52. The molecule has 0 bridgehead atoms. The minimum absolute atomic E-state index is 0.888. The van der Waals surface area contributed by atoms with Crippen LogP contribution in [0.15, 0.2) is 12.7 Å². The van der Waals surface area contributed by atoms with Crippen molar-refractivity contribution in [3.63, 3.8) is 0 Å². The Labute approximate surface area is 114 Å². The van der Waals surface area contributed by atoms with Crippen molar-refractivity contribution in [2.24, 2.45) is 0 Å². The van der Waals surface area contributed by atoms with Gasteiger partial charge in [0.15, 0.2) is 0 Å². The molecule has 1 N–H and O–H groups in total.